The van der Waals surface area contributed by atoms with Crippen LogP contribution < -0.4 is 5.32 Å². The van der Waals surface area contributed by atoms with Gasteiger partial charge in [-0.2, -0.15) is 9.61 Å². The summed E-state index contributed by atoms with van der Waals surface area (Å²) in [7, 11) is 0. The zero-order valence-corrected chi connectivity index (χ0v) is 13.4. The van der Waals surface area contributed by atoms with Crippen molar-refractivity contribution in [1.29, 1.82) is 0 Å². The molecule has 0 saturated carbocycles. The molecule has 1 N–H and O–H groups in total. The molecule has 0 aliphatic carbocycles. The molecule has 0 spiro atoms. The Kier molecular flexibility index (Phi) is 4.06. The lowest BCUT2D eigenvalue weighted by Gasteiger charge is -2.08. The van der Waals surface area contributed by atoms with Crippen LogP contribution in [0.4, 0.5) is 5.69 Å². The monoisotopic (exact) mass is 309 g/mol. The number of carbonyl (C=O) groups excluding carboxylic acids is 1. The highest BCUT2D eigenvalue weighted by atomic mass is 16.1. The second kappa shape index (κ2) is 6.16. The van der Waals surface area contributed by atoms with Crippen molar-refractivity contribution in [3.8, 4) is 11.3 Å². The van der Waals surface area contributed by atoms with E-state index in [1.165, 1.54) is 0 Å². The minimum absolute atomic E-state index is 0.0346. The Morgan fingerprint density at radius 3 is 2.57 bits per heavy atom. The number of aryl methyl sites for hydroxylation is 1. The number of hydrogen-bond donors (Lipinski definition) is 1. The molecule has 0 atom stereocenters. The molecule has 1 amide bonds. The van der Waals surface area contributed by atoms with Gasteiger partial charge in [-0.1, -0.05) is 26.0 Å². The molecule has 6 nitrogen and oxygen atoms in total. The molecular weight excluding hydrogens is 290 g/mol. The van der Waals surface area contributed by atoms with Gasteiger partial charge in [0.15, 0.2) is 11.5 Å². The summed E-state index contributed by atoms with van der Waals surface area (Å²) in [5.41, 5.74) is 3.33. The van der Waals surface area contributed by atoms with Crippen molar-refractivity contribution in [2.75, 3.05) is 5.32 Å². The molecule has 2 heterocycles. The molecule has 0 bridgehead atoms. The summed E-state index contributed by atoms with van der Waals surface area (Å²) in [5.74, 6) is 1.13. The highest BCUT2D eigenvalue weighted by molar-refractivity contribution is 5.91. The van der Waals surface area contributed by atoms with Crippen molar-refractivity contribution in [2.24, 2.45) is 5.92 Å². The first-order valence-electron chi connectivity index (χ1n) is 7.62. The van der Waals surface area contributed by atoms with Gasteiger partial charge >= 0.3 is 0 Å². The first-order valence-corrected chi connectivity index (χ1v) is 7.62. The Bertz CT molecular complexity index is 836. The lowest BCUT2D eigenvalue weighted by Crippen LogP contribution is -2.13. The fourth-order valence-electron chi connectivity index (χ4n) is 2.36. The predicted octanol–water partition coefficient (Wildman–Crippen LogP) is 3.08. The van der Waals surface area contributed by atoms with E-state index < -0.39 is 0 Å². The minimum Gasteiger partial charge on any atom is -0.326 e. The quantitative estimate of drug-likeness (QED) is 0.804. The lowest BCUT2D eigenvalue weighted by molar-refractivity contribution is -0.116. The number of nitrogens with zero attached hydrogens (tertiary/aromatic N) is 4. The van der Waals surface area contributed by atoms with Crippen LogP contribution in [0.15, 0.2) is 36.4 Å². The normalized spacial score (nSPS) is 11.1. The summed E-state index contributed by atoms with van der Waals surface area (Å²) >= 11 is 0. The number of aromatic nitrogens is 4. The number of fused-ring (bicyclic) bond motifs is 1. The van der Waals surface area contributed by atoms with Crippen LogP contribution in [0.25, 0.3) is 16.9 Å². The predicted molar refractivity (Wildman–Crippen MR) is 89.0 cm³/mol. The Labute approximate surface area is 134 Å². The molecular formula is C17H19N5O. The third-order valence-electron chi connectivity index (χ3n) is 3.48. The summed E-state index contributed by atoms with van der Waals surface area (Å²) < 4.78 is 1.72. The van der Waals surface area contributed by atoms with E-state index in [1.807, 2.05) is 57.2 Å². The Morgan fingerprint density at radius 1 is 1.13 bits per heavy atom. The van der Waals surface area contributed by atoms with Gasteiger partial charge in [-0.25, -0.2) is 0 Å². The number of amides is 1. The van der Waals surface area contributed by atoms with Crippen LogP contribution in [0.2, 0.25) is 0 Å². The van der Waals surface area contributed by atoms with E-state index >= 15 is 0 Å². The van der Waals surface area contributed by atoms with Crippen LogP contribution in [0.5, 0.6) is 0 Å². The van der Waals surface area contributed by atoms with E-state index in [1.54, 1.807) is 4.52 Å². The van der Waals surface area contributed by atoms with Gasteiger partial charge in [0.25, 0.3) is 0 Å². The molecule has 0 saturated heterocycles. The summed E-state index contributed by atoms with van der Waals surface area (Å²) in [4.78, 5) is 11.8. The molecule has 118 valence electrons. The van der Waals surface area contributed by atoms with Gasteiger partial charge in [0.05, 0.1) is 5.69 Å². The molecule has 2 aromatic heterocycles. The maximum atomic E-state index is 11.8. The van der Waals surface area contributed by atoms with Crippen LogP contribution in [-0.4, -0.2) is 25.7 Å². The van der Waals surface area contributed by atoms with E-state index in [0.717, 1.165) is 28.4 Å². The van der Waals surface area contributed by atoms with Crippen molar-refractivity contribution in [2.45, 2.75) is 27.2 Å². The fraction of sp³-hybridized carbons (Fsp3) is 0.294. The third kappa shape index (κ3) is 3.36. The molecule has 0 unspecified atom stereocenters. The second-order valence-corrected chi connectivity index (χ2v) is 5.96. The Morgan fingerprint density at radius 2 is 1.87 bits per heavy atom. The largest absolute Gasteiger partial charge is 0.326 e. The number of nitrogens with one attached hydrogen (secondary N) is 1. The van der Waals surface area contributed by atoms with Crippen LogP contribution >= 0.6 is 0 Å². The molecule has 0 aliphatic heterocycles. The van der Waals surface area contributed by atoms with Crippen molar-refractivity contribution < 1.29 is 4.79 Å². The van der Waals surface area contributed by atoms with Crippen LogP contribution in [0.1, 0.15) is 26.1 Å². The van der Waals surface area contributed by atoms with Gasteiger partial charge in [-0.3, -0.25) is 4.79 Å². The molecule has 0 radical (unpaired) electrons. The Hall–Kier alpha value is -2.76. The third-order valence-corrected chi connectivity index (χ3v) is 3.48. The smallest absolute Gasteiger partial charge is 0.224 e. The summed E-state index contributed by atoms with van der Waals surface area (Å²) in [6, 6.07) is 11.5. The minimum atomic E-state index is 0.0346. The standard InChI is InChI=1S/C17H19N5O/c1-11(2)10-17(23)18-14-6-4-13(5-7-14)15-8-9-16-20-19-12(3)22(16)21-15/h4-9,11H,10H2,1-3H3,(H,18,23). The van der Waals surface area contributed by atoms with E-state index in [0.29, 0.717) is 12.3 Å². The molecule has 6 heteroatoms. The van der Waals surface area contributed by atoms with E-state index in [4.69, 9.17) is 0 Å². The van der Waals surface area contributed by atoms with Gasteiger partial charge in [-0.15, -0.1) is 10.2 Å². The van der Waals surface area contributed by atoms with Gasteiger partial charge in [-0.05, 0) is 37.1 Å². The molecule has 3 aromatic rings. The number of carbonyl (C=O) groups is 1. The number of anilines is 1. The highest BCUT2D eigenvalue weighted by Gasteiger charge is 2.07. The van der Waals surface area contributed by atoms with Crippen molar-refractivity contribution in [3.63, 3.8) is 0 Å². The fourth-order valence-corrected chi connectivity index (χ4v) is 2.36. The summed E-state index contributed by atoms with van der Waals surface area (Å²) in [6.07, 6.45) is 0.521. The number of benzene rings is 1. The first kappa shape index (κ1) is 15.1. The van der Waals surface area contributed by atoms with Gasteiger partial charge in [0, 0.05) is 17.7 Å². The number of rotatable bonds is 4. The van der Waals surface area contributed by atoms with E-state index in [9.17, 15) is 4.79 Å². The van der Waals surface area contributed by atoms with Gasteiger partial charge in [0.1, 0.15) is 0 Å². The number of hydrogen-bond acceptors (Lipinski definition) is 4. The zero-order valence-electron chi connectivity index (χ0n) is 13.4. The van der Waals surface area contributed by atoms with Crippen molar-refractivity contribution >= 4 is 17.2 Å². The molecule has 0 fully saturated rings. The van der Waals surface area contributed by atoms with Crippen LogP contribution in [0, 0.1) is 12.8 Å². The second-order valence-electron chi connectivity index (χ2n) is 5.96. The van der Waals surface area contributed by atoms with Crippen molar-refractivity contribution in [1.82, 2.24) is 19.8 Å². The maximum Gasteiger partial charge on any atom is 0.224 e. The van der Waals surface area contributed by atoms with Gasteiger partial charge in [0.2, 0.25) is 5.91 Å². The molecule has 3 rings (SSSR count). The van der Waals surface area contributed by atoms with Crippen molar-refractivity contribution in [3.05, 3.63) is 42.2 Å². The van der Waals surface area contributed by atoms with E-state index in [-0.39, 0.29) is 5.91 Å². The lowest BCUT2D eigenvalue weighted by atomic mass is 10.1. The van der Waals surface area contributed by atoms with Crippen LogP contribution in [0.3, 0.4) is 0 Å². The average Bonchev–Trinajstić information content (AvgIpc) is 2.88. The van der Waals surface area contributed by atoms with Gasteiger partial charge < -0.3 is 5.32 Å². The summed E-state index contributed by atoms with van der Waals surface area (Å²) in [5, 5.41) is 15.5. The molecule has 23 heavy (non-hydrogen) atoms. The topological polar surface area (TPSA) is 72.2 Å². The maximum absolute atomic E-state index is 11.8. The first-order chi connectivity index (χ1) is 11.0. The zero-order chi connectivity index (χ0) is 16.4. The molecule has 1 aromatic carbocycles. The Balaban J connectivity index is 1.80. The van der Waals surface area contributed by atoms with Crippen LogP contribution in [-0.2, 0) is 4.79 Å². The molecule has 0 aliphatic rings. The SMILES string of the molecule is Cc1nnc2ccc(-c3ccc(NC(=O)CC(C)C)cc3)nn12. The average molecular weight is 309 g/mol. The summed E-state index contributed by atoms with van der Waals surface area (Å²) in [6.45, 7) is 5.92. The van der Waals surface area contributed by atoms with E-state index in [2.05, 4.69) is 20.6 Å². The highest BCUT2D eigenvalue weighted by Crippen LogP contribution is 2.20.